The van der Waals surface area contributed by atoms with Crippen LogP contribution in [0.1, 0.15) is 26.2 Å². The van der Waals surface area contributed by atoms with Gasteiger partial charge in [0.05, 0.1) is 12.6 Å². The van der Waals surface area contributed by atoms with Gasteiger partial charge in [0.2, 0.25) is 0 Å². The first kappa shape index (κ1) is 14.3. The number of nitriles is 1. The molecule has 3 nitrogen and oxygen atoms in total. The number of nitrogens with one attached hydrogen (secondary N) is 1. The van der Waals surface area contributed by atoms with E-state index < -0.39 is 18.3 Å². The van der Waals surface area contributed by atoms with Crippen LogP contribution in [-0.2, 0) is 0 Å². The van der Waals surface area contributed by atoms with Gasteiger partial charge >= 0.3 is 6.18 Å². The third-order valence-corrected chi connectivity index (χ3v) is 3.14. The standard InChI is InChI=1S/C11H18F3N3/c1-10(7-15,16-2)5-6-17(9-3-4-9)8-11(12,13)14/h9,16H,3-6,8H2,1-2H3. The van der Waals surface area contributed by atoms with Crippen LogP contribution in [0.4, 0.5) is 13.2 Å². The zero-order valence-electron chi connectivity index (χ0n) is 10.1. The summed E-state index contributed by atoms with van der Waals surface area (Å²) < 4.78 is 37.1. The summed E-state index contributed by atoms with van der Waals surface area (Å²) >= 11 is 0. The Bertz CT molecular complexity index is 293. The van der Waals surface area contributed by atoms with Gasteiger partial charge in [-0.3, -0.25) is 4.90 Å². The average Bonchev–Trinajstić information content (AvgIpc) is 3.06. The monoisotopic (exact) mass is 249 g/mol. The van der Waals surface area contributed by atoms with Crippen molar-refractivity contribution in [3.63, 3.8) is 0 Å². The second-order valence-corrected chi connectivity index (χ2v) is 4.76. The highest BCUT2D eigenvalue weighted by atomic mass is 19.4. The minimum Gasteiger partial charge on any atom is -0.303 e. The summed E-state index contributed by atoms with van der Waals surface area (Å²) in [5.41, 5.74) is -0.751. The number of nitrogens with zero attached hydrogens (tertiary/aromatic N) is 2. The molecule has 1 saturated carbocycles. The minimum atomic E-state index is -4.16. The number of hydrogen-bond donors (Lipinski definition) is 1. The quantitative estimate of drug-likeness (QED) is 0.781. The van der Waals surface area contributed by atoms with Crippen molar-refractivity contribution in [1.82, 2.24) is 10.2 Å². The van der Waals surface area contributed by atoms with E-state index in [9.17, 15) is 13.2 Å². The molecule has 98 valence electrons. The molecule has 1 atom stereocenters. The Kier molecular flexibility index (Phi) is 4.39. The summed E-state index contributed by atoms with van der Waals surface area (Å²) in [7, 11) is 1.65. The normalized spacial score (nSPS) is 20.1. The van der Waals surface area contributed by atoms with Crippen LogP contribution in [0.3, 0.4) is 0 Å². The fourth-order valence-corrected chi connectivity index (χ4v) is 1.66. The van der Waals surface area contributed by atoms with Crippen LogP contribution in [0.2, 0.25) is 0 Å². The van der Waals surface area contributed by atoms with Crippen molar-refractivity contribution < 1.29 is 13.2 Å². The molecule has 1 rings (SSSR count). The van der Waals surface area contributed by atoms with Gasteiger partial charge < -0.3 is 5.32 Å². The van der Waals surface area contributed by atoms with Crippen LogP contribution in [0.15, 0.2) is 0 Å². The fourth-order valence-electron chi connectivity index (χ4n) is 1.66. The van der Waals surface area contributed by atoms with Crippen molar-refractivity contribution in [2.45, 2.75) is 43.9 Å². The summed E-state index contributed by atoms with van der Waals surface area (Å²) in [6.07, 6.45) is -2.10. The maximum Gasteiger partial charge on any atom is 0.401 e. The molecule has 0 bridgehead atoms. The Morgan fingerprint density at radius 3 is 2.35 bits per heavy atom. The lowest BCUT2D eigenvalue weighted by molar-refractivity contribution is -0.147. The van der Waals surface area contributed by atoms with Crippen molar-refractivity contribution in [3.8, 4) is 6.07 Å². The second-order valence-electron chi connectivity index (χ2n) is 4.76. The maximum atomic E-state index is 12.4. The van der Waals surface area contributed by atoms with E-state index in [1.807, 2.05) is 0 Å². The van der Waals surface area contributed by atoms with Gasteiger partial charge in [0, 0.05) is 12.6 Å². The van der Waals surface area contributed by atoms with Crippen molar-refractivity contribution in [1.29, 1.82) is 5.26 Å². The zero-order chi connectivity index (χ0) is 13.1. The molecule has 1 N–H and O–H groups in total. The average molecular weight is 249 g/mol. The van der Waals surface area contributed by atoms with Gasteiger partial charge in [-0.05, 0) is 33.2 Å². The summed E-state index contributed by atoms with van der Waals surface area (Å²) in [5, 5.41) is 11.8. The molecular formula is C11H18F3N3. The van der Waals surface area contributed by atoms with Crippen LogP contribution in [0.25, 0.3) is 0 Å². The van der Waals surface area contributed by atoms with Gasteiger partial charge in [-0.2, -0.15) is 18.4 Å². The minimum absolute atomic E-state index is 0.0522. The third kappa shape index (κ3) is 4.92. The lowest BCUT2D eigenvalue weighted by Crippen LogP contribution is -2.44. The lowest BCUT2D eigenvalue weighted by Gasteiger charge is -2.28. The van der Waals surface area contributed by atoms with Gasteiger partial charge in [-0.15, -0.1) is 0 Å². The highest BCUT2D eigenvalue weighted by molar-refractivity contribution is 5.03. The van der Waals surface area contributed by atoms with E-state index in [1.165, 1.54) is 4.90 Å². The van der Waals surface area contributed by atoms with Gasteiger partial charge in [0.15, 0.2) is 0 Å². The molecule has 1 fully saturated rings. The zero-order valence-corrected chi connectivity index (χ0v) is 10.1. The molecule has 1 aliphatic rings. The molecule has 0 radical (unpaired) electrons. The van der Waals surface area contributed by atoms with E-state index in [4.69, 9.17) is 5.26 Å². The van der Waals surface area contributed by atoms with E-state index in [-0.39, 0.29) is 6.04 Å². The molecule has 6 heteroatoms. The van der Waals surface area contributed by atoms with E-state index in [0.717, 1.165) is 12.8 Å². The Morgan fingerprint density at radius 1 is 1.41 bits per heavy atom. The van der Waals surface area contributed by atoms with Crippen LogP contribution in [-0.4, -0.2) is 42.8 Å². The van der Waals surface area contributed by atoms with Gasteiger partial charge in [-0.1, -0.05) is 0 Å². The Morgan fingerprint density at radius 2 is 2.00 bits per heavy atom. The largest absolute Gasteiger partial charge is 0.401 e. The first-order valence-corrected chi connectivity index (χ1v) is 5.70. The number of alkyl halides is 3. The van der Waals surface area contributed by atoms with Gasteiger partial charge in [0.1, 0.15) is 5.54 Å². The molecule has 0 aromatic heterocycles. The molecule has 0 heterocycles. The predicted molar refractivity (Wildman–Crippen MR) is 58.3 cm³/mol. The van der Waals surface area contributed by atoms with Crippen LogP contribution < -0.4 is 5.32 Å². The highest BCUT2D eigenvalue weighted by Crippen LogP contribution is 2.30. The van der Waals surface area contributed by atoms with Crippen LogP contribution in [0, 0.1) is 11.3 Å². The first-order chi connectivity index (χ1) is 7.79. The molecule has 0 saturated heterocycles. The number of hydrogen-bond acceptors (Lipinski definition) is 3. The molecule has 0 aromatic rings. The van der Waals surface area contributed by atoms with Crippen LogP contribution >= 0.6 is 0 Å². The van der Waals surface area contributed by atoms with Crippen LogP contribution in [0.5, 0.6) is 0 Å². The maximum absolute atomic E-state index is 12.4. The van der Waals surface area contributed by atoms with E-state index >= 15 is 0 Å². The second kappa shape index (κ2) is 5.23. The highest BCUT2D eigenvalue weighted by Gasteiger charge is 2.38. The predicted octanol–water partition coefficient (Wildman–Crippen LogP) is 1.90. The van der Waals surface area contributed by atoms with Crippen molar-refractivity contribution >= 4 is 0 Å². The molecule has 17 heavy (non-hydrogen) atoms. The summed E-state index contributed by atoms with van der Waals surface area (Å²) in [4.78, 5) is 1.44. The Hall–Kier alpha value is -0.800. The molecule has 1 aliphatic carbocycles. The molecule has 1 unspecified atom stereocenters. The van der Waals surface area contributed by atoms with Crippen molar-refractivity contribution in [2.24, 2.45) is 0 Å². The molecule has 0 amide bonds. The number of rotatable bonds is 6. The van der Waals surface area contributed by atoms with Crippen molar-refractivity contribution in [2.75, 3.05) is 20.1 Å². The topological polar surface area (TPSA) is 39.1 Å². The Balaban J connectivity index is 2.48. The molecular weight excluding hydrogens is 231 g/mol. The fraction of sp³-hybridized carbons (Fsp3) is 0.909. The molecule has 0 aromatic carbocycles. The summed E-state index contributed by atoms with van der Waals surface area (Å²) in [6, 6.07) is 2.14. The smallest absolute Gasteiger partial charge is 0.303 e. The van der Waals surface area contributed by atoms with E-state index in [0.29, 0.717) is 13.0 Å². The first-order valence-electron chi connectivity index (χ1n) is 5.70. The number of halogens is 3. The third-order valence-electron chi connectivity index (χ3n) is 3.14. The van der Waals surface area contributed by atoms with E-state index in [2.05, 4.69) is 11.4 Å². The summed E-state index contributed by atoms with van der Waals surface area (Å²) in [6.45, 7) is 1.13. The molecule has 0 spiro atoms. The van der Waals surface area contributed by atoms with Crippen molar-refractivity contribution in [3.05, 3.63) is 0 Å². The Labute approximate surface area is 99.6 Å². The van der Waals surface area contributed by atoms with Gasteiger partial charge in [0.25, 0.3) is 0 Å². The lowest BCUT2D eigenvalue weighted by atomic mass is 10.00. The summed E-state index contributed by atoms with van der Waals surface area (Å²) in [5.74, 6) is 0. The molecule has 0 aliphatic heterocycles. The van der Waals surface area contributed by atoms with Gasteiger partial charge in [-0.25, -0.2) is 0 Å². The van der Waals surface area contributed by atoms with E-state index in [1.54, 1.807) is 14.0 Å². The SMILES string of the molecule is CNC(C)(C#N)CCN(CC(F)(F)F)C1CC1.